The van der Waals surface area contributed by atoms with Crippen LogP contribution < -0.4 is 5.32 Å². The highest BCUT2D eigenvalue weighted by atomic mass is 16.6. The van der Waals surface area contributed by atoms with E-state index in [0.717, 1.165) is 0 Å². The minimum absolute atomic E-state index is 0.163. The summed E-state index contributed by atoms with van der Waals surface area (Å²) in [4.78, 5) is 38.1. The van der Waals surface area contributed by atoms with Crippen molar-refractivity contribution in [3.8, 4) is 0 Å². The van der Waals surface area contributed by atoms with Crippen LogP contribution in [0.3, 0.4) is 0 Å². The van der Waals surface area contributed by atoms with Crippen molar-refractivity contribution in [1.82, 2.24) is 10.2 Å². The highest BCUT2D eigenvalue weighted by Gasteiger charge is 2.50. The van der Waals surface area contributed by atoms with Crippen LogP contribution in [0.5, 0.6) is 0 Å². The Morgan fingerprint density at radius 3 is 2.29 bits per heavy atom. The number of esters is 1. The van der Waals surface area contributed by atoms with Crippen molar-refractivity contribution >= 4 is 17.8 Å². The number of nitrogens with zero attached hydrogens (tertiary/aromatic N) is 1. The predicted octanol–water partition coefficient (Wildman–Crippen LogP) is 0.842. The minimum Gasteiger partial charge on any atom is -0.460 e. The van der Waals surface area contributed by atoms with Gasteiger partial charge < -0.3 is 15.0 Å². The molecule has 6 nitrogen and oxygen atoms in total. The fourth-order valence-electron chi connectivity index (χ4n) is 2.73. The number of hydrogen-bond donors (Lipinski definition) is 1. The first-order chi connectivity index (χ1) is 9.61. The van der Waals surface area contributed by atoms with Crippen molar-refractivity contribution in [3.63, 3.8) is 0 Å². The molecule has 4 atom stereocenters. The standard InChI is InChI=1S/C15H24N2O4/c1-8-9(2)17(8)13(19)12-10(6-7-11(18)16-12)14(20)21-15(3,4)5/h8-10,12H,6-7H2,1-5H3,(H,16,18)/t8?,9?,10-,12-,17?/m1/s1. The van der Waals surface area contributed by atoms with E-state index in [4.69, 9.17) is 4.74 Å². The van der Waals surface area contributed by atoms with Crippen molar-refractivity contribution in [2.75, 3.05) is 0 Å². The van der Waals surface area contributed by atoms with Crippen LogP contribution in [0.2, 0.25) is 0 Å². The van der Waals surface area contributed by atoms with E-state index < -0.39 is 23.5 Å². The zero-order valence-electron chi connectivity index (χ0n) is 13.3. The number of rotatable bonds is 2. The molecule has 6 heteroatoms. The maximum absolute atomic E-state index is 12.5. The zero-order chi connectivity index (χ0) is 15.9. The zero-order valence-corrected chi connectivity index (χ0v) is 13.3. The molecule has 2 aliphatic heterocycles. The van der Waals surface area contributed by atoms with Gasteiger partial charge in [-0.05, 0) is 41.0 Å². The average Bonchev–Trinajstić information content (AvgIpc) is 2.93. The number of amides is 2. The summed E-state index contributed by atoms with van der Waals surface area (Å²) < 4.78 is 5.39. The number of carbonyl (C=O) groups is 3. The number of carbonyl (C=O) groups excluding carboxylic acids is 3. The fraction of sp³-hybridized carbons (Fsp3) is 0.800. The summed E-state index contributed by atoms with van der Waals surface area (Å²) in [6, 6.07) is -0.472. The highest BCUT2D eigenvalue weighted by Crippen LogP contribution is 2.31. The molecule has 2 saturated heterocycles. The van der Waals surface area contributed by atoms with Gasteiger partial charge in [-0.2, -0.15) is 0 Å². The average molecular weight is 296 g/mol. The summed E-state index contributed by atoms with van der Waals surface area (Å²) in [5.41, 5.74) is -0.605. The molecule has 0 aromatic carbocycles. The lowest BCUT2D eigenvalue weighted by Crippen LogP contribution is -2.55. The van der Waals surface area contributed by atoms with E-state index in [0.29, 0.717) is 6.42 Å². The SMILES string of the molecule is CC1C(C)N1C(=O)[C@@H]1NC(=O)CC[C@H]1C(=O)OC(C)(C)C. The van der Waals surface area contributed by atoms with E-state index in [-0.39, 0.29) is 30.3 Å². The number of ether oxygens (including phenoxy) is 1. The lowest BCUT2D eigenvalue weighted by molar-refractivity contribution is -0.164. The first-order valence-corrected chi connectivity index (χ1v) is 7.46. The predicted molar refractivity (Wildman–Crippen MR) is 76.3 cm³/mol. The first-order valence-electron chi connectivity index (χ1n) is 7.46. The number of nitrogens with one attached hydrogen (secondary N) is 1. The van der Waals surface area contributed by atoms with Gasteiger partial charge in [0.1, 0.15) is 11.6 Å². The minimum atomic E-state index is -0.798. The van der Waals surface area contributed by atoms with E-state index in [1.165, 1.54) is 0 Å². The molecular weight excluding hydrogens is 272 g/mol. The molecule has 2 unspecified atom stereocenters. The summed E-state index contributed by atoms with van der Waals surface area (Å²) >= 11 is 0. The molecule has 0 bridgehead atoms. The monoisotopic (exact) mass is 296 g/mol. The molecule has 0 radical (unpaired) electrons. The maximum Gasteiger partial charge on any atom is 0.312 e. The molecule has 21 heavy (non-hydrogen) atoms. The molecular formula is C15H24N2O4. The van der Waals surface area contributed by atoms with Gasteiger partial charge in [-0.1, -0.05) is 0 Å². The van der Waals surface area contributed by atoms with E-state index in [1.807, 2.05) is 13.8 Å². The molecule has 0 spiro atoms. The largest absolute Gasteiger partial charge is 0.460 e. The van der Waals surface area contributed by atoms with Crippen LogP contribution in [0.4, 0.5) is 0 Å². The topological polar surface area (TPSA) is 75.5 Å². The lowest BCUT2D eigenvalue weighted by atomic mass is 9.89. The Labute approximate surface area is 125 Å². The summed E-state index contributed by atoms with van der Waals surface area (Å²) in [6.45, 7) is 9.28. The number of hydrogen-bond acceptors (Lipinski definition) is 4. The van der Waals surface area contributed by atoms with Gasteiger partial charge in [-0.3, -0.25) is 14.4 Å². The van der Waals surface area contributed by atoms with Crippen LogP contribution in [0.1, 0.15) is 47.5 Å². The maximum atomic E-state index is 12.5. The second kappa shape index (κ2) is 5.31. The summed E-state index contributed by atoms with van der Waals surface area (Å²) in [5.74, 6) is -1.38. The fourth-order valence-corrected chi connectivity index (χ4v) is 2.73. The third-order valence-electron chi connectivity index (χ3n) is 4.12. The Hall–Kier alpha value is -1.59. The summed E-state index contributed by atoms with van der Waals surface area (Å²) in [6.07, 6.45) is 0.604. The smallest absolute Gasteiger partial charge is 0.312 e. The lowest BCUT2D eigenvalue weighted by Gasteiger charge is -2.32. The molecule has 2 aliphatic rings. The van der Waals surface area contributed by atoms with Gasteiger partial charge in [0.25, 0.3) is 0 Å². The van der Waals surface area contributed by atoms with Crippen LogP contribution in [0, 0.1) is 5.92 Å². The van der Waals surface area contributed by atoms with Gasteiger partial charge in [0.05, 0.1) is 5.92 Å². The van der Waals surface area contributed by atoms with Crippen LogP contribution >= 0.6 is 0 Å². The van der Waals surface area contributed by atoms with E-state index >= 15 is 0 Å². The summed E-state index contributed by atoms with van der Waals surface area (Å²) in [5, 5.41) is 2.66. The van der Waals surface area contributed by atoms with Gasteiger partial charge in [0.15, 0.2) is 0 Å². The van der Waals surface area contributed by atoms with Crippen molar-refractivity contribution in [2.45, 2.75) is 71.2 Å². The van der Waals surface area contributed by atoms with Gasteiger partial charge in [-0.15, -0.1) is 0 Å². The second-order valence-corrected chi connectivity index (χ2v) is 6.95. The van der Waals surface area contributed by atoms with Crippen molar-refractivity contribution < 1.29 is 19.1 Å². The molecule has 2 fully saturated rings. The Morgan fingerprint density at radius 1 is 1.24 bits per heavy atom. The number of piperidine rings is 1. The van der Waals surface area contributed by atoms with Crippen molar-refractivity contribution in [3.05, 3.63) is 0 Å². The molecule has 118 valence electrons. The molecule has 0 aromatic heterocycles. The van der Waals surface area contributed by atoms with Gasteiger partial charge >= 0.3 is 5.97 Å². The van der Waals surface area contributed by atoms with Crippen LogP contribution in [-0.4, -0.2) is 46.4 Å². The van der Waals surface area contributed by atoms with E-state index in [1.54, 1.807) is 25.7 Å². The Balaban J connectivity index is 2.12. The van der Waals surface area contributed by atoms with Crippen LogP contribution in [0.25, 0.3) is 0 Å². The van der Waals surface area contributed by atoms with E-state index in [9.17, 15) is 14.4 Å². The van der Waals surface area contributed by atoms with Gasteiger partial charge in [-0.25, -0.2) is 0 Å². The third kappa shape index (κ3) is 3.36. The van der Waals surface area contributed by atoms with Crippen LogP contribution in [0.15, 0.2) is 0 Å². The van der Waals surface area contributed by atoms with Crippen molar-refractivity contribution in [1.29, 1.82) is 0 Å². The summed E-state index contributed by atoms with van der Waals surface area (Å²) in [7, 11) is 0. The van der Waals surface area contributed by atoms with Crippen molar-refractivity contribution in [2.24, 2.45) is 5.92 Å². The second-order valence-electron chi connectivity index (χ2n) is 6.95. The van der Waals surface area contributed by atoms with Gasteiger partial charge in [0.2, 0.25) is 11.8 Å². The molecule has 0 aromatic rings. The van der Waals surface area contributed by atoms with E-state index in [2.05, 4.69) is 5.32 Å². The molecule has 0 saturated carbocycles. The Morgan fingerprint density at radius 2 is 1.81 bits per heavy atom. The van der Waals surface area contributed by atoms with Crippen LogP contribution in [-0.2, 0) is 19.1 Å². The Bertz CT molecular complexity index is 461. The normalized spacial score (nSPS) is 32.4. The molecule has 1 N–H and O–H groups in total. The molecule has 2 rings (SSSR count). The molecule has 2 amide bonds. The Kier molecular flexibility index (Phi) is 4.00. The molecule has 2 heterocycles. The third-order valence-corrected chi connectivity index (χ3v) is 4.12. The molecule has 0 aliphatic carbocycles. The van der Waals surface area contributed by atoms with Gasteiger partial charge in [0, 0.05) is 18.5 Å². The first kappa shape index (κ1) is 15.8. The quantitative estimate of drug-likeness (QED) is 0.605. The highest BCUT2D eigenvalue weighted by molar-refractivity contribution is 5.95.